The van der Waals surface area contributed by atoms with Crippen molar-refractivity contribution in [2.24, 2.45) is 0 Å². The molecule has 2 aromatic rings. The van der Waals surface area contributed by atoms with Crippen molar-refractivity contribution >= 4 is 29.0 Å². The van der Waals surface area contributed by atoms with Crippen molar-refractivity contribution in [1.29, 1.82) is 0 Å². The molecule has 1 atom stereocenters. The molecule has 2 heterocycles. The molecule has 2 amide bonds. The summed E-state index contributed by atoms with van der Waals surface area (Å²) in [5, 5.41) is 5.77. The molecule has 1 fully saturated rings. The van der Waals surface area contributed by atoms with Gasteiger partial charge in [0.15, 0.2) is 0 Å². The van der Waals surface area contributed by atoms with Gasteiger partial charge in [-0.25, -0.2) is 9.78 Å². The normalized spacial score (nSPS) is 17.2. The molecule has 1 aromatic carbocycles. The third-order valence-electron chi connectivity index (χ3n) is 4.02. The predicted molar refractivity (Wildman–Crippen MR) is 102 cm³/mol. The SMILES string of the molecule is CC(C)(C)OC(=O)N1CCCC1C(=O)Nc1ccc(-c2nccs2)cc1. The summed E-state index contributed by atoms with van der Waals surface area (Å²) in [6, 6.07) is 7.05. The van der Waals surface area contributed by atoms with Crippen LogP contribution in [0.3, 0.4) is 0 Å². The molecule has 6 nitrogen and oxygen atoms in total. The molecular formula is C19H23N3O3S. The summed E-state index contributed by atoms with van der Waals surface area (Å²) in [4.78, 5) is 30.8. The number of thiazole rings is 1. The second-order valence-electron chi connectivity index (χ2n) is 7.24. The summed E-state index contributed by atoms with van der Waals surface area (Å²) in [6.07, 6.45) is 2.76. The highest BCUT2D eigenvalue weighted by Crippen LogP contribution is 2.25. The zero-order chi connectivity index (χ0) is 18.7. The lowest BCUT2D eigenvalue weighted by atomic mass is 10.2. The third kappa shape index (κ3) is 4.40. The Kier molecular flexibility index (Phi) is 5.27. The average Bonchev–Trinajstić information content (AvgIpc) is 3.26. The minimum atomic E-state index is -0.577. The Balaban J connectivity index is 1.64. The number of ether oxygens (including phenoxy) is 1. The van der Waals surface area contributed by atoms with E-state index in [0.717, 1.165) is 17.0 Å². The van der Waals surface area contributed by atoms with Crippen molar-refractivity contribution in [1.82, 2.24) is 9.88 Å². The molecule has 0 radical (unpaired) electrons. The van der Waals surface area contributed by atoms with Gasteiger partial charge in [0.25, 0.3) is 0 Å². The Morgan fingerprint density at radius 1 is 1.27 bits per heavy atom. The van der Waals surface area contributed by atoms with Crippen LogP contribution < -0.4 is 5.32 Å². The fourth-order valence-electron chi connectivity index (χ4n) is 2.87. The van der Waals surface area contributed by atoms with Crippen LogP contribution in [0.25, 0.3) is 10.6 Å². The summed E-state index contributed by atoms with van der Waals surface area (Å²) in [5.74, 6) is -0.185. The van der Waals surface area contributed by atoms with E-state index in [4.69, 9.17) is 4.74 Å². The number of nitrogens with zero attached hydrogens (tertiary/aromatic N) is 2. The maximum atomic E-state index is 12.6. The number of carbonyl (C=O) groups excluding carboxylic acids is 2. The maximum Gasteiger partial charge on any atom is 0.410 e. The number of anilines is 1. The number of hydrogen-bond donors (Lipinski definition) is 1. The molecule has 0 aliphatic carbocycles. The molecule has 7 heteroatoms. The Hall–Kier alpha value is -2.41. The molecule has 1 aromatic heterocycles. The van der Waals surface area contributed by atoms with Gasteiger partial charge in [0.2, 0.25) is 5.91 Å². The van der Waals surface area contributed by atoms with E-state index in [1.54, 1.807) is 17.5 Å². The molecule has 138 valence electrons. The standard InChI is InChI=1S/C19H23N3O3S/c1-19(2,3)25-18(24)22-11-4-5-15(22)16(23)21-14-8-6-13(7-9-14)17-20-10-12-26-17/h6-10,12,15H,4-5,11H2,1-3H3,(H,21,23). The number of amides is 2. The topological polar surface area (TPSA) is 71.5 Å². The molecule has 1 unspecified atom stereocenters. The highest BCUT2D eigenvalue weighted by atomic mass is 32.1. The van der Waals surface area contributed by atoms with Crippen LogP contribution in [0.2, 0.25) is 0 Å². The van der Waals surface area contributed by atoms with E-state index in [1.165, 1.54) is 4.90 Å². The van der Waals surface area contributed by atoms with Gasteiger partial charge in [-0.05, 0) is 57.9 Å². The van der Waals surface area contributed by atoms with Gasteiger partial charge in [-0.2, -0.15) is 0 Å². The number of likely N-dealkylation sites (tertiary alicyclic amines) is 1. The third-order valence-corrected chi connectivity index (χ3v) is 4.84. The van der Waals surface area contributed by atoms with E-state index < -0.39 is 17.7 Å². The van der Waals surface area contributed by atoms with Crippen LogP contribution in [0.5, 0.6) is 0 Å². The molecule has 0 bridgehead atoms. The van der Waals surface area contributed by atoms with Crippen molar-refractivity contribution in [2.45, 2.75) is 45.3 Å². The fraction of sp³-hybridized carbons (Fsp3) is 0.421. The summed E-state index contributed by atoms with van der Waals surface area (Å²) < 4.78 is 5.41. The summed E-state index contributed by atoms with van der Waals surface area (Å²) in [7, 11) is 0. The number of nitrogens with one attached hydrogen (secondary N) is 1. The summed E-state index contributed by atoms with van der Waals surface area (Å²) in [5.41, 5.74) is 1.13. The van der Waals surface area contributed by atoms with E-state index in [0.29, 0.717) is 18.7 Å². The van der Waals surface area contributed by atoms with Crippen LogP contribution in [0.15, 0.2) is 35.8 Å². The van der Waals surface area contributed by atoms with Gasteiger partial charge < -0.3 is 10.1 Å². The van der Waals surface area contributed by atoms with E-state index in [2.05, 4.69) is 10.3 Å². The first-order chi connectivity index (χ1) is 12.3. The first kappa shape index (κ1) is 18.4. The van der Waals surface area contributed by atoms with Gasteiger partial charge in [0.1, 0.15) is 16.7 Å². The zero-order valence-corrected chi connectivity index (χ0v) is 16.0. The van der Waals surface area contributed by atoms with Crippen LogP contribution in [-0.4, -0.2) is 40.1 Å². The van der Waals surface area contributed by atoms with E-state index in [1.807, 2.05) is 50.4 Å². The molecule has 1 N–H and O–H groups in total. The van der Waals surface area contributed by atoms with Crippen LogP contribution in [-0.2, 0) is 9.53 Å². The molecule has 1 aliphatic heterocycles. The summed E-state index contributed by atoms with van der Waals surface area (Å²) >= 11 is 1.57. The Morgan fingerprint density at radius 3 is 2.62 bits per heavy atom. The van der Waals surface area contributed by atoms with Gasteiger partial charge in [-0.15, -0.1) is 11.3 Å². The van der Waals surface area contributed by atoms with Gasteiger partial charge in [-0.3, -0.25) is 9.69 Å². The number of hydrogen-bond acceptors (Lipinski definition) is 5. The van der Waals surface area contributed by atoms with Crippen LogP contribution in [0.1, 0.15) is 33.6 Å². The van der Waals surface area contributed by atoms with Crippen LogP contribution in [0.4, 0.5) is 10.5 Å². The average molecular weight is 373 g/mol. The lowest BCUT2D eigenvalue weighted by molar-refractivity contribution is -0.120. The van der Waals surface area contributed by atoms with Crippen molar-refractivity contribution in [2.75, 3.05) is 11.9 Å². The molecular weight excluding hydrogens is 350 g/mol. The second kappa shape index (κ2) is 7.45. The van der Waals surface area contributed by atoms with Crippen molar-refractivity contribution in [3.63, 3.8) is 0 Å². The minimum Gasteiger partial charge on any atom is -0.444 e. The number of aromatic nitrogens is 1. The fourth-order valence-corrected chi connectivity index (χ4v) is 3.51. The van der Waals surface area contributed by atoms with Crippen molar-refractivity contribution < 1.29 is 14.3 Å². The number of carbonyl (C=O) groups is 2. The lowest BCUT2D eigenvalue weighted by Gasteiger charge is -2.28. The van der Waals surface area contributed by atoms with E-state index in [9.17, 15) is 9.59 Å². The Morgan fingerprint density at radius 2 is 2.00 bits per heavy atom. The molecule has 0 saturated carbocycles. The van der Waals surface area contributed by atoms with Crippen LogP contribution in [0, 0.1) is 0 Å². The van der Waals surface area contributed by atoms with Gasteiger partial charge in [0.05, 0.1) is 0 Å². The van der Waals surface area contributed by atoms with Crippen molar-refractivity contribution in [3.05, 3.63) is 35.8 Å². The minimum absolute atomic E-state index is 0.185. The molecule has 1 aliphatic rings. The number of benzene rings is 1. The van der Waals surface area contributed by atoms with Gasteiger partial charge in [-0.1, -0.05) is 0 Å². The van der Waals surface area contributed by atoms with Crippen molar-refractivity contribution in [3.8, 4) is 10.6 Å². The van der Waals surface area contributed by atoms with Gasteiger partial charge in [0, 0.05) is 29.4 Å². The Labute approximate surface area is 157 Å². The first-order valence-electron chi connectivity index (χ1n) is 8.64. The first-order valence-corrected chi connectivity index (χ1v) is 9.52. The molecule has 26 heavy (non-hydrogen) atoms. The highest BCUT2D eigenvalue weighted by Gasteiger charge is 2.36. The highest BCUT2D eigenvalue weighted by molar-refractivity contribution is 7.13. The molecule has 1 saturated heterocycles. The molecule has 0 spiro atoms. The summed E-state index contributed by atoms with van der Waals surface area (Å²) in [6.45, 7) is 6.00. The molecule has 3 rings (SSSR count). The number of rotatable bonds is 3. The van der Waals surface area contributed by atoms with Crippen LogP contribution >= 0.6 is 11.3 Å². The van der Waals surface area contributed by atoms with Gasteiger partial charge >= 0.3 is 6.09 Å². The van der Waals surface area contributed by atoms with E-state index >= 15 is 0 Å². The monoisotopic (exact) mass is 373 g/mol. The lowest BCUT2D eigenvalue weighted by Crippen LogP contribution is -2.45. The zero-order valence-electron chi connectivity index (χ0n) is 15.2. The van der Waals surface area contributed by atoms with E-state index in [-0.39, 0.29) is 5.91 Å². The predicted octanol–water partition coefficient (Wildman–Crippen LogP) is 4.15. The second-order valence-corrected chi connectivity index (χ2v) is 8.13. The smallest absolute Gasteiger partial charge is 0.410 e. The maximum absolute atomic E-state index is 12.6. The largest absolute Gasteiger partial charge is 0.444 e. The Bertz CT molecular complexity index is 766. The quantitative estimate of drug-likeness (QED) is 0.877.